The van der Waals surface area contributed by atoms with Crippen molar-refractivity contribution in [1.82, 2.24) is 9.80 Å². The number of carbonyl (C=O) groups excluding carboxylic acids is 1. The van der Waals surface area contributed by atoms with Crippen LogP contribution in [0.4, 0.5) is 0 Å². The van der Waals surface area contributed by atoms with E-state index in [2.05, 4.69) is 18.2 Å². The summed E-state index contributed by atoms with van der Waals surface area (Å²) in [7, 11) is 3.73. The Bertz CT molecular complexity index is 691. The first kappa shape index (κ1) is 16.7. The van der Waals surface area contributed by atoms with E-state index in [1.807, 2.05) is 48.3 Å². The molecule has 0 bridgehead atoms. The maximum atomic E-state index is 12.3. The quantitative estimate of drug-likeness (QED) is 0.824. The topological polar surface area (TPSA) is 47.3 Å². The van der Waals surface area contributed by atoms with Gasteiger partial charge in [0.25, 0.3) is 0 Å². The molecule has 2 aromatic rings. The zero-order valence-electron chi connectivity index (χ0n) is 13.6. The Kier molecular flexibility index (Phi) is 5.90. The minimum absolute atomic E-state index is 0.0609. The van der Waals surface area contributed by atoms with Crippen molar-refractivity contribution >= 4 is 5.91 Å². The summed E-state index contributed by atoms with van der Waals surface area (Å²) in [6, 6.07) is 19.6. The van der Waals surface area contributed by atoms with Gasteiger partial charge in [-0.2, -0.15) is 5.26 Å². The third kappa shape index (κ3) is 5.24. The first-order valence-corrected chi connectivity index (χ1v) is 7.54. The predicted octanol–water partition coefficient (Wildman–Crippen LogP) is 2.65. The number of likely N-dealkylation sites (N-methyl/N-ethyl adjacent to an activating group) is 2. The van der Waals surface area contributed by atoms with E-state index in [1.54, 1.807) is 18.0 Å². The third-order valence-electron chi connectivity index (χ3n) is 3.60. The van der Waals surface area contributed by atoms with Gasteiger partial charge >= 0.3 is 0 Å². The monoisotopic (exact) mass is 307 g/mol. The standard InChI is InChI=1S/C19H21N3O/c1-21(13-16-7-4-3-5-8-16)15-19(23)22(2)14-18-10-6-9-17(11-18)12-20/h3-11H,13-15H2,1-2H3. The number of hydrogen-bond acceptors (Lipinski definition) is 3. The fourth-order valence-electron chi connectivity index (χ4n) is 2.40. The lowest BCUT2D eigenvalue weighted by Gasteiger charge is -2.22. The fraction of sp³-hybridized carbons (Fsp3) is 0.263. The minimum Gasteiger partial charge on any atom is -0.340 e. The molecule has 4 nitrogen and oxygen atoms in total. The predicted molar refractivity (Wildman–Crippen MR) is 90.4 cm³/mol. The summed E-state index contributed by atoms with van der Waals surface area (Å²) in [4.78, 5) is 16.0. The lowest BCUT2D eigenvalue weighted by molar-refractivity contribution is -0.131. The molecule has 0 N–H and O–H groups in total. The fourth-order valence-corrected chi connectivity index (χ4v) is 2.40. The zero-order valence-corrected chi connectivity index (χ0v) is 13.6. The second-order valence-electron chi connectivity index (χ2n) is 5.72. The largest absolute Gasteiger partial charge is 0.340 e. The highest BCUT2D eigenvalue weighted by Crippen LogP contribution is 2.08. The average Bonchev–Trinajstić information content (AvgIpc) is 2.55. The molecule has 0 aliphatic carbocycles. The molecule has 0 saturated carbocycles. The van der Waals surface area contributed by atoms with Gasteiger partial charge in [-0.1, -0.05) is 42.5 Å². The lowest BCUT2D eigenvalue weighted by Crippen LogP contribution is -2.36. The normalized spacial score (nSPS) is 10.3. The van der Waals surface area contributed by atoms with Gasteiger partial charge in [0.05, 0.1) is 18.2 Å². The minimum atomic E-state index is 0.0609. The van der Waals surface area contributed by atoms with Crippen LogP contribution in [-0.4, -0.2) is 36.3 Å². The van der Waals surface area contributed by atoms with Crippen LogP contribution in [-0.2, 0) is 17.9 Å². The molecule has 0 aromatic heterocycles. The van der Waals surface area contributed by atoms with Crippen LogP contribution in [0.3, 0.4) is 0 Å². The summed E-state index contributed by atoms with van der Waals surface area (Å²) in [6.07, 6.45) is 0. The Morgan fingerprint density at radius 2 is 1.70 bits per heavy atom. The summed E-state index contributed by atoms with van der Waals surface area (Å²) in [5.74, 6) is 0.0609. The molecule has 23 heavy (non-hydrogen) atoms. The third-order valence-corrected chi connectivity index (χ3v) is 3.60. The van der Waals surface area contributed by atoms with Crippen molar-refractivity contribution < 1.29 is 4.79 Å². The van der Waals surface area contributed by atoms with Gasteiger partial charge in [0.2, 0.25) is 5.91 Å². The summed E-state index contributed by atoms with van der Waals surface area (Å²) in [6.45, 7) is 1.61. The number of amides is 1. The molecule has 0 atom stereocenters. The number of nitriles is 1. The van der Waals surface area contributed by atoms with E-state index in [-0.39, 0.29) is 5.91 Å². The molecular weight excluding hydrogens is 286 g/mol. The van der Waals surface area contributed by atoms with Crippen LogP contribution in [0.1, 0.15) is 16.7 Å². The summed E-state index contributed by atoms with van der Waals surface area (Å²) in [5, 5.41) is 8.93. The Hall–Kier alpha value is -2.64. The summed E-state index contributed by atoms with van der Waals surface area (Å²) in [5.41, 5.74) is 2.77. The highest BCUT2D eigenvalue weighted by atomic mass is 16.2. The molecule has 0 unspecified atom stereocenters. The molecule has 4 heteroatoms. The number of carbonyl (C=O) groups is 1. The summed E-state index contributed by atoms with van der Waals surface area (Å²) < 4.78 is 0. The van der Waals surface area contributed by atoms with Crippen LogP contribution in [0.25, 0.3) is 0 Å². The van der Waals surface area contributed by atoms with E-state index >= 15 is 0 Å². The van der Waals surface area contributed by atoms with E-state index < -0.39 is 0 Å². The molecule has 0 saturated heterocycles. The van der Waals surface area contributed by atoms with Crippen LogP contribution < -0.4 is 0 Å². The van der Waals surface area contributed by atoms with Crippen molar-refractivity contribution in [2.45, 2.75) is 13.1 Å². The highest BCUT2D eigenvalue weighted by Gasteiger charge is 2.12. The van der Waals surface area contributed by atoms with E-state index in [0.717, 1.165) is 12.1 Å². The highest BCUT2D eigenvalue weighted by molar-refractivity contribution is 5.78. The number of nitrogens with zero attached hydrogens (tertiary/aromatic N) is 3. The first-order chi connectivity index (χ1) is 11.1. The van der Waals surface area contributed by atoms with Gasteiger partial charge in [0.1, 0.15) is 0 Å². The van der Waals surface area contributed by atoms with Crippen LogP contribution in [0.15, 0.2) is 54.6 Å². The van der Waals surface area contributed by atoms with Crippen molar-refractivity contribution in [1.29, 1.82) is 5.26 Å². The van der Waals surface area contributed by atoms with Crippen molar-refractivity contribution in [3.8, 4) is 6.07 Å². The molecule has 0 heterocycles. The molecule has 1 amide bonds. The van der Waals surface area contributed by atoms with Crippen molar-refractivity contribution in [2.24, 2.45) is 0 Å². The smallest absolute Gasteiger partial charge is 0.236 e. The number of hydrogen-bond donors (Lipinski definition) is 0. The molecule has 0 aliphatic rings. The van der Waals surface area contributed by atoms with Crippen LogP contribution in [0.5, 0.6) is 0 Å². The van der Waals surface area contributed by atoms with Gasteiger partial charge in [-0.3, -0.25) is 9.69 Å². The van der Waals surface area contributed by atoms with Crippen molar-refractivity contribution in [3.63, 3.8) is 0 Å². The van der Waals surface area contributed by atoms with Gasteiger partial charge in [-0.05, 0) is 30.3 Å². The van der Waals surface area contributed by atoms with Gasteiger partial charge < -0.3 is 4.90 Å². The SMILES string of the molecule is CN(CC(=O)N(C)Cc1cccc(C#N)c1)Cc1ccccc1. The van der Waals surface area contributed by atoms with E-state index in [0.29, 0.717) is 18.7 Å². The van der Waals surface area contributed by atoms with Crippen LogP contribution >= 0.6 is 0 Å². The van der Waals surface area contributed by atoms with Gasteiger partial charge in [-0.15, -0.1) is 0 Å². The second-order valence-corrected chi connectivity index (χ2v) is 5.72. The Balaban J connectivity index is 1.88. The second kappa shape index (κ2) is 8.11. The van der Waals surface area contributed by atoms with Crippen molar-refractivity contribution in [2.75, 3.05) is 20.6 Å². The zero-order chi connectivity index (χ0) is 16.7. The molecule has 2 aromatic carbocycles. The Morgan fingerprint density at radius 3 is 2.39 bits per heavy atom. The summed E-state index contributed by atoms with van der Waals surface area (Å²) >= 11 is 0. The maximum absolute atomic E-state index is 12.3. The van der Waals surface area contributed by atoms with Gasteiger partial charge in [-0.25, -0.2) is 0 Å². The number of benzene rings is 2. The number of rotatable bonds is 6. The molecule has 0 aliphatic heterocycles. The molecule has 0 radical (unpaired) electrons. The van der Waals surface area contributed by atoms with Crippen LogP contribution in [0.2, 0.25) is 0 Å². The molecule has 0 fully saturated rings. The molecule has 2 rings (SSSR count). The van der Waals surface area contributed by atoms with Gasteiger partial charge in [0.15, 0.2) is 0 Å². The maximum Gasteiger partial charge on any atom is 0.236 e. The molecule has 0 spiro atoms. The first-order valence-electron chi connectivity index (χ1n) is 7.54. The van der Waals surface area contributed by atoms with Crippen LogP contribution in [0, 0.1) is 11.3 Å². The van der Waals surface area contributed by atoms with E-state index in [4.69, 9.17) is 5.26 Å². The lowest BCUT2D eigenvalue weighted by atomic mass is 10.1. The van der Waals surface area contributed by atoms with Gasteiger partial charge in [0, 0.05) is 20.1 Å². The Labute approximate surface area is 137 Å². The Morgan fingerprint density at radius 1 is 1.00 bits per heavy atom. The molecular formula is C19H21N3O. The molecule has 118 valence electrons. The van der Waals surface area contributed by atoms with Crippen molar-refractivity contribution in [3.05, 3.63) is 71.3 Å². The van der Waals surface area contributed by atoms with E-state index in [1.165, 1.54) is 5.56 Å². The average molecular weight is 307 g/mol. The van der Waals surface area contributed by atoms with E-state index in [9.17, 15) is 4.79 Å².